The number of methoxy groups -OCH3 is 1. The molecule has 0 bridgehead atoms. The number of carbonyl (C=O) groups is 1. The summed E-state index contributed by atoms with van der Waals surface area (Å²) in [5.41, 5.74) is 0. The molecular weight excluding hydrogens is 218 g/mol. The normalized spacial score (nSPS) is 32.7. The first-order valence-corrected chi connectivity index (χ1v) is 6.62. The van der Waals surface area contributed by atoms with Crippen molar-refractivity contribution in [1.29, 1.82) is 0 Å². The number of esters is 1. The third kappa shape index (κ3) is 3.42. The lowest BCUT2D eigenvalue weighted by Gasteiger charge is -2.24. The first-order chi connectivity index (χ1) is 8.22. The van der Waals surface area contributed by atoms with Crippen molar-refractivity contribution in [2.75, 3.05) is 26.9 Å². The van der Waals surface area contributed by atoms with Crippen LogP contribution in [0.4, 0.5) is 0 Å². The fourth-order valence-corrected chi connectivity index (χ4v) is 2.72. The summed E-state index contributed by atoms with van der Waals surface area (Å²) >= 11 is 0. The monoisotopic (exact) mass is 241 g/mol. The summed E-state index contributed by atoms with van der Waals surface area (Å²) in [6, 6.07) is 1.37. The molecule has 1 heterocycles. The first kappa shape index (κ1) is 12.8. The van der Waals surface area contributed by atoms with Gasteiger partial charge < -0.3 is 9.47 Å². The number of nitrogens with zero attached hydrogens (tertiary/aromatic N) is 1. The zero-order valence-corrected chi connectivity index (χ0v) is 10.9. The van der Waals surface area contributed by atoms with Gasteiger partial charge in [0.1, 0.15) is 0 Å². The summed E-state index contributed by atoms with van der Waals surface area (Å²) in [6.45, 7) is 4.79. The second-order valence-electron chi connectivity index (χ2n) is 5.22. The Labute approximate surface area is 103 Å². The molecular formula is C13H23NO3. The van der Waals surface area contributed by atoms with Gasteiger partial charge in [-0.05, 0) is 31.7 Å². The van der Waals surface area contributed by atoms with E-state index in [0.717, 1.165) is 18.6 Å². The first-order valence-electron chi connectivity index (χ1n) is 6.62. The minimum atomic E-state index is -0.191. The van der Waals surface area contributed by atoms with Gasteiger partial charge in [0.15, 0.2) is 0 Å². The summed E-state index contributed by atoms with van der Waals surface area (Å²) in [7, 11) is 1.41. The van der Waals surface area contributed by atoms with Crippen LogP contribution in [-0.2, 0) is 14.3 Å². The minimum absolute atomic E-state index is 0.191. The summed E-state index contributed by atoms with van der Waals surface area (Å²) in [6.07, 6.45) is 4.23. The van der Waals surface area contributed by atoms with Gasteiger partial charge in [-0.2, -0.15) is 0 Å². The van der Waals surface area contributed by atoms with E-state index in [-0.39, 0.29) is 5.97 Å². The summed E-state index contributed by atoms with van der Waals surface area (Å²) in [5, 5.41) is 0. The van der Waals surface area contributed by atoms with E-state index in [1.54, 1.807) is 0 Å². The highest BCUT2D eigenvalue weighted by Crippen LogP contribution is 2.39. The van der Waals surface area contributed by atoms with Crippen LogP contribution >= 0.6 is 0 Å². The standard InChI is InChI=1S/C13H23NO3/c1-10-8-12(10)14-6-3-4-11(14)9-17-7-5-13(15)16-2/h10-12H,3-9H2,1-2H3/t10?,11-,12-/m0/s1. The quantitative estimate of drug-likeness (QED) is 0.521. The van der Waals surface area contributed by atoms with Crippen molar-refractivity contribution in [1.82, 2.24) is 4.90 Å². The van der Waals surface area contributed by atoms with Crippen LogP contribution in [0.1, 0.15) is 32.6 Å². The third-order valence-electron chi connectivity index (χ3n) is 3.90. The zero-order chi connectivity index (χ0) is 12.3. The molecule has 1 saturated heterocycles. The molecule has 4 heteroatoms. The van der Waals surface area contributed by atoms with Gasteiger partial charge in [0, 0.05) is 12.1 Å². The minimum Gasteiger partial charge on any atom is -0.469 e. The lowest BCUT2D eigenvalue weighted by Crippen LogP contribution is -2.35. The molecule has 2 rings (SSSR count). The molecule has 1 aliphatic carbocycles. The van der Waals surface area contributed by atoms with E-state index in [0.29, 0.717) is 19.1 Å². The summed E-state index contributed by atoms with van der Waals surface area (Å²) < 4.78 is 10.2. The summed E-state index contributed by atoms with van der Waals surface area (Å²) in [4.78, 5) is 13.5. The molecule has 2 fully saturated rings. The molecule has 0 N–H and O–H groups in total. The molecule has 1 saturated carbocycles. The smallest absolute Gasteiger partial charge is 0.307 e. The van der Waals surface area contributed by atoms with E-state index in [1.165, 1.54) is 32.9 Å². The molecule has 0 radical (unpaired) electrons. The second kappa shape index (κ2) is 5.83. The van der Waals surface area contributed by atoms with E-state index >= 15 is 0 Å². The van der Waals surface area contributed by atoms with Crippen molar-refractivity contribution >= 4 is 5.97 Å². The Morgan fingerprint density at radius 1 is 1.47 bits per heavy atom. The van der Waals surface area contributed by atoms with Gasteiger partial charge >= 0.3 is 5.97 Å². The molecule has 3 atom stereocenters. The van der Waals surface area contributed by atoms with Gasteiger partial charge in [0.2, 0.25) is 0 Å². The number of carbonyl (C=O) groups excluding carboxylic acids is 1. The lowest BCUT2D eigenvalue weighted by atomic mass is 10.2. The summed E-state index contributed by atoms with van der Waals surface area (Å²) in [5.74, 6) is 0.676. The maximum atomic E-state index is 10.9. The van der Waals surface area contributed by atoms with E-state index in [2.05, 4.69) is 16.6 Å². The van der Waals surface area contributed by atoms with Crippen LogP contribution in [-0.4, -0.2) is 49.8 Å². The van der Waals surface area contributed by atoms with Crippen molar-refractivity contribution in [3.8, 4) is 0 Å². The molecule has 98 valence electrons. The fourth-order valence-electron chi connectivity index (χ4n) is 2.72. The highest BCUT2D eigenvalue weighted by molar-refractivity contribution is 5.69. The predicted molar refractivity (Wildman–Crippen MR) is 64.7 cm³/mol. The van der Waals surface area contributed by atoms with Crippen molar-refractivity contribution in [3.05, 3.63) is 0 Å². The van der Waals surface area contributed by atoms with Gasteiger partial charge in [-0.15, -0.1) is 0 Å². The predicted octanol–water partition coefficient (Wildman–Crippen LogP) is 1.44. The third-order valence-corrected chi connectivity index (χ3v) is 3.90. The van der Waals surface area contributed by atoms with Gasteiger partial charge in [-0.3, -0.25) is 9.69 Å². The maximum absolute atomic E-state index is 10.9. The molecule has 0 amide bonds. The molecule has 1 unspecified atom stereocenters. The Balaban J connectivity index is 1.63. The topological polar surface area (TPSA) is 38.8 Å². The van der Waals surface area contributed by atoms with Crippen LogP contribution in [0.2, 0.25) is 0 Å². The Kier molecular flexibility index (Phi) is 4.40. The van der Waals surface area contributed by atoms with Crippen LogP contribution in [0.15, 0.2) is 0 Å². The van der Waals surface area contributed by atoms with Crippen LogP contribution in [0, 0.1) is 5.92 Å². The number of hydrogen-bond acceptors (Lipinski definition) is 4. The number of ether oxygens (including phenoxy) is 2. The van der Waals surface area contributed by atoms with Crippen LogP contribution < -0.4 is 0 Å². The SMILES string of the molecule is COC(=O)CCOC[C@@H]1CCCN1[C@H]1CC1C. The molecule has 0 aromatic carbocycles. The molecule has 1 aliphatic heterocycles. The fraction of sp³-hybridized carbons (Fsp3) is 0.923. The van der Waals surface area contributed by atoms with Gasteiger partial charge in [0.05, 0.1) is 26.7 Å². The largest absolute Gasteiger partial charge is 0.469 e. The van der Waals surface area contributed by atoms with Gasteiger partial charge in [0.25, 0.3) is 0 Å². The maximum Gasteiger partial charge on any atom is 0.307 e. The van der Waals surface area contributed by atoms with E-state index in [4.69, 9.17) is 4.74 Å². The Bertz CT molecular complexity index is 269. The molecule has 0 spiro atoms. The van der Waals surface area contributed by atoms with E-state index < -0.39 is 0 Å². The molecule has 17 heavy (non-hydrogen) atoms. The molecule has 4 nitrogen and oxygen atoms in total. The van der Waals surface area contributed by atoms with Crippen molar-refractivity contribution in [2.24, 2.45) is 5.92 Å². The molecule has 2 aliphatic rings. The lowest BCUT2D eigenvalue weighted by molar-refractivity contribution is -0.141. The molecule has 0 aromatic rings. The van der Waals surface area contributed by atoms with Crippen LogP contribution in [0.5, 0.6) is 0 Å². The van der Waals surface area contributed by atoms with Gasteiger partial charge in [-0.1, -0.05) is 6.92 Å². The Morgan fingerprint density at radius 3 is 2.88 bits per heavy atom. The molecule has 0 aromatic heterocycles. The van der Waals surface area contributed by atoms with E-state index in [1.807, 2.05) is 0 Å². The number of likely N-dealkylation sites (tertiary alicyclic amines) is 1. The van der Waals surface area contributed by atoms with Crippen molar-refractivity contribution < 1.29 is 14.3 Å². The number of hydrogen-bond donors (Lipinski definition) is 0. The number of rotatable bonds is 6. The average molecular weight is 241 g/mol. The Morgan fingerprint density at radius 2 is 2.24 bits per heavy atom. The van der Waals surface area contributed by atoms with Crippen molar-refractivity contribution in [3.63, 3.8) is 0 Å². The van der Waals surface area contributed by atoms with Crippen molar-refractivity contribution in [2.45, 2.75) is 44.7 Å². The zero-order valence-electron chi connectivity index (χ0n) is 10.9. The average Bonchev–Trinajstić information content (AvgIpc) is 2.88. The Hall–Kier alpha value is -0.610. The highest BCUT2D eigenvalue weighted by Gasteiger charge is 2.42. The van der Waals surface area contributed by atoms with Crippen LogP contribution in [0.25, 0.3) is 0 Å². The second-order valence-corrected chi connectivity index (χ2v) is 5.22. The highest BCUT2D eigenvalue weighted by atomic mass is 16.5. The van der Waals surface area contributed by atoms with E-state index in [9.17, 15) is 4.79 Å². The van der Waals surface area contributed by atoms with Crippen LogP contribution in [0.3, 0.4) is 0 Å². The van der Waals surface area contributed by atoms with Gasteiger partial charge in [-0.25, -0.2) is 0 Å².